The van der Waals surface area contributed by atoms with Crippen LogP contribution in [-0.2, 0) is 30.0 Å². The molecule has 0 fully saturated rings. The van der Waals surface area contributed by atoms with E-state index in [-0.39, 0.29) is 30.3 Å². The highest BCUT2D eigenvalue weighted by atomic mass is 19.4. The van der Waals surface area contributed by atoms with E-state index in [1.165, 1.54) is 11.0 Å². The second kappa shape index (κ2) is 10.7. The molecule has 1 aromatic carbocycles. The van der Waals surface area contributed by atoms with E-state index in [4.69, 9.17) is 14.2 Å². The van der Waals surface area contributed by atoms with Crippen molar-refractivity contribution < 1.29 is 37.0 Å². The zero-order valence-corrected chi connectivity index (χ0v) is 18.8. The first-order chi connectivity index (χ1) is 15.0. The number of hydrogen-bond donors (Lipinski definition) is 0. The molecule has 1 aromatic rings. The van der Waals surface area contributed by atoms with Crippen LogP contribution in [0.2, 0.25) is 0 Å². The van der Waals surface area contributed by atoms with Gasteiger partial charge >= 0.3 is 18.1 Å². The van der Waals surface area contributed by atoms with E-state index in [1.807, 2.05) is 19.0 Å². The van der Waals surface area contributed by atoms with Gasteiger partial charge in [0.2, 0.25) is 0 Å². The fourth-order valence-corrected chi connectivity index (χ4v) is 3.32. The van der Waals surface area contributed by atoms with E-state index in [2.05, 4.69) is 0 Å². The van der Waals surface area contributed by atoms with Gasteiger partial charge in [0.15, 0.2) is 0 Å². The molecule has 0 radical (unpaired) electrons. The number of carbonyl (C=O) groups is 2. The van der Waals surface area contributed by atoms with Gasteiger partial charge < -0.3 is 28.9 Å². The van der Waals surface area contributed by atoms with Crippen LogP contribution in [0.25, 0.3) is 0 Å². The molecule has 0 saturated carbocycles. The molecule has 0 N–H and O–H groups in total. The number of carbonyl (C=O) groups excluding carboxylic acids is 2. The Balaban J connectivity index is 2.62. The number of ether oxygens (including phenoxy) is 3. The highest BCUT2D eigenvalue weighted by Crippen LogP contribution is 2.39. The molecule has 0 amide bonds. The van der Waals surface area contributed by atoms with Gasteiger partial charge in [-0.25, -0.2) is 9.59 Å². The topological polar surface area (TPSA) is 71.6 Å². The van der Waals surface area contributed by atoms with Crippen molar-refractivity contribution >= 4 is 23.3 Å². The molecule has 0 aromatic heterocycles. The molecule has 2 rings (SSSR count). The summed E-state index contributed by atoms with van der Waals surface area (Å²) in [7, 11) is 7.86. The van der Waals surface area contributed by atoms with Crippen LogP contribution in [0.15, 0.2) is 29.5 Å². The predicted octanol–water partition coefficient (Wildman–Crippen LogP) is 2.49. The molecular formula is C21H28F3N3O5. The third-order valence-corrected chi connectivity index (χ3v) is 4.94. The summed E-state index contributed by atoms with van der Waals surface area (Å²) >= 11 is 0. The van der Waals surface area contributed by atoms with E-state index in [1.54, 1.807) is 11.9 Å². The van der Waals surface area contributed by atoms with Crippen molar-refractivity contribution in [1.29, 1.82) is 0 Å². The molecule has 1 heterocycles. The Kier molecular flexibility index (Phi) is 8.51. The lowest BCUT2D eigenvalue weighted by Gasteiger charge is -2.35. The number of halogens is 3. The largest absolute Gasteiger partial charge is 0.466 e. The van der Waals surface area contributed by atoms with Crippen molar-refractivity contribution in [2.24, 2.45) is 0 Å². The molecule has 1 aliphatic rings. The molecular weight excluding hydrogens is 431 g/mol. The number of alkyl halides is 3. The molecule has 11 heteroatoms. The van der Waals surface area contributed by atoms with E-state index in [9.17, 15) is 22.8 Å². The molecule has 32 heavy (non-hydrogen) atoms. The summed E-state index contributed by atoms with van der Waals surface area (Å²) in [6.45, 7) is 0.852. The summed E-state index contributed by atoms with van der Waals surface area (Å²) in [5, 5.41) is 0. The van der Waals surface area contributed by atoms with E-state index >= 15 is 0 Å². The van der Waals surface area contributed by atoms with Gasteiger partial charge in [0, 0.05) is 13.6 Å². The normalized spacial score (nSPS) is 14.6. The van der Waals surface area contributed by atoms with Gasteiger partial charge in [0.1, 0.15) is 12.4 Å². The summed E-state index contributed by atoms with van der Waals surface area (Å²) in [5.74, 6) is -1.71. The number of nitrogens with zero attached hydrogens (tertiary/aromatic N) is 3. The first-order valence-corrected chi connectivity index (χ1v) is 9.83. The van der Waals surface area contributed by atoms with Gasteiger partial charge in [-0.3, -0.25) is 0 Å². The van der Waals surface area contributed by atoms with Gasteiger partial charge in [-0.05, 0) is 45.3 Å². The molecule has 0 saturated heterocycles. The molecule has 0 bridgehead atoms. The second-order valence-electron chi connectivity index (χ2n) is 7.50. The van der Waals surface area contributed by atoms with Crippen LogP contribution in [0, 0.1) is 0 Å². The molecule has 0 aliphatic carbocycles. The molecule has 8 nitrogen and oxygen atoms in total. The lowest BCUT2D eigenvalue weighted by atomic mass is 10.1. The predicted molar refractivity (Wildman–Crippen MR) is 112 cm³/mol. The van der Waals surface area contributed by atoms with Crippen molar-refractivity contribution in [3.63, 3.8) is 0 Å². The summed E-state index contributed by atoms with van der Waals surface area (Å²) in [6, 6.07) is 3.26. The standard InChI is InChI=1S/C21H28F3N3O5/c1-25(2)9-6-10-26(3)16-8-7-14(21(22,23)24)11-17(16)27-13-32-12-15(19(28)30-4)18(27)20(29)31-5/h7-8,11H,6,9-10,12-13H2,1-5H3. The van der Waals surface area contributed by atoms with Gasteiger partial charge in [-0.15, -0.1) is 0 Å². The number of methoxy groups -OCH3 is 2. The lowest BCUT2D eigenvalue weighted by molar-refractivity contribution is -0.140. The van der Waals surface area contributed by atoms with E-state index in [0.29, 0.717) is 12.2 Å². The average Bonchev–Trinajstić information content (AvgIpc) is 2.76. The van der Waals surface area contributed by atoms with Gasteiger partial charge in [-0.1, -0.05) is 0 Å². The van der Waals surface area contributed by atoms with E-state index < -0.39 is 23.7 Å². The van der Waals surface area contributed by atoms with Crippen molar-refractivity contribution in [2.45, 2.75) is 12.6 Å². The third kappa shape index (κ3) is 5.92. The van der Waals surface area contributed by atoms with Crippen LogP contribution >= 0.6 is 0 Å². The number of anilines is 2. The molecule has 178 valence electrons. The Labute approximate surface area is 185 Å². The highest BCUT2D eigenvalue weighted by Gasteiger charge is 2.36. The third-order valence-electron chi connectivity index (χ3n) is 4.94. The monoisotopic (exact) mass is 459 g/mol. The van der Waals surface area contributed by atoms with Gasteiger partial charge in [0.25, 0.3) is 0 Å². The summed E-state index contributed by atoms with van der Waals surface area (Å²) in [5.41, 5.74) is -0.744. The van der Waals surface area contributed by atoms with Crippen LogP contribution < -0.4 is 9.80 Å². The minimum absolute atomic E-state index is 0.0636. The Bertz CT molecular complexity index is 871. The summed E-state index contributed by atoms with van der Waals surface area (Å²) < 4.78 is 55.4. The average molecular weight is 459 g/mol. The molecule has 0 unspecified atom stereocenters. The zero-order chi connectivity index (χ0) is 24.1. The van der Waals surface area contributed by atoms with Crippen LogP contribution in [0.4, 0.5) is 24.5 Å². The van der Waals surface area contributed by atoms with Gasteiger partial charge in [-0.2, -0.15) is 13.2 Å². The van der Waals surface area contributed by atoms with E-state index in [0.717, 1.165) is 39.3 Å². The zero-order valence-electron chi connectivity index (χ0n) is 18.8. The maximum Gasteiger partial charge on any atom is 0.416 e. The number of hydrogen-bond acceptors (Lipinski definition) is 8. The second-order valence-corrected chi connectivity index (χ2v) is 7.50. The fraction of sp³-hybridized carbons (Fsp3) is 0.524. The van der Waals surface area contributed by atoms with Crippen molar-refractivity contribution in [1.82, 2.24) is 4.90 Å². The Morgan fingerprint density at radius 3 is 2.31 bits per heavy atom. The van der Waals surface area contributed by atoms with Crippen LogP contribution in [0.3, 0.4) is 0 Å². The summed E-state index contributed by atoms with van der Waals surface area (Å²) in [4.78, 5) is 29.8. The highest BCUT2D eigenvalue weighted by molar-refractivity contribution is 6.04. The first-order valence-electron chi connectivity index (χ1n) is 9.83. The minimum atomic E-state index is -4.60. The minimum Gasteiger partial charge on any atom is -0.466 e. The number of esters is 2. The molecule has 0 spiro atoms. The lowest BCUT2D eigenvalue weighted by Crippen LogP contribution is -2.39. The fourth-order valence-electron chi connectivity index (χ4n) is 3.32. The Hall–Kier alpha value is -2.79. The number of rotatable bonds is 8. The summed E-state index contributed by atoms with van der Waals surface area (Å²) in [6.07, 6.45) is -3.85. The smallest absolute Gasteiger partial charge is 0.416 e. The van der Waals surface area contributed by atoms with Crippen LogP contribution in [-0.4, -0.2) is 78.6 Å². The van der Waals surface area contributed by atoms with Crippen molar-refractivity contribution in [2.75, 3.05) is 71.6 Å². The Morgan fingerprint density at radius 1 is 1.09 bits per heavy atom. The Morgan fingerprint density at radius 2 is 1.75 bits per heavy atom. The van der Waals surface area contributed by atoms with Gasteiger partial charge in [0.05, 0.1) is 43.3 Å². The van der Waals surface area contributed by atoms with Crippen LogP contribution in [0.5, 0.6) is 0 Å². The van der Waals surface area contributed by atoms with Crippen molar-refractivity contribution in [3.05, 3.63) is 35.0 Å². The van der Waals surface area contributed by atoms with Crippen molar-refractivity contribution in [3.8, 4) is 0 Å². The maximum absolute atomic E-state index is 13.5. The molecule has 1 aliphatic heterocycles. The van der Waals surface area contributed by atoms with Crippen LogP contribution in [0.1, 0.15) is 12.0 Å². The maximum atomic E-state index is 13.5. The quantitative estimate of drug-likeness (QED) is 0.550. The molecule has 0 atom stereocenters. The SMILES string of the molecule is COC(=O)C1=C(C(=O)OC)N(c2cc(C(F)(F)F)ccc2N(C)CCCN(C)C)COC1. The first kappa shape index (κ1) is 25.5. The number of benzene rings is 1.